The van der Waals surface area contributed by atoms with Gasteiger partial charge in [-0.15, -0.1) is 0 Å². The van der Waals surface area contributed by atoms with Crippen LogP contribution in [0.4, 0.5) is 5.82 Å². The Labute approximate surface area is 110 Å². The summed E-state index contributed by atoms with van der Waals surface area (Å²) in [5.41, 5.74) is 0.289. The smallest absolute Gasteiger partial charge is 0.278 e. The molecule has 0 unspecified atom stereocenters. The van der Waals surface area contributed by atoms with Crippen molar-refractivity contribution in [3.8, 4) is 0 Å². The molecule has 19 heavy (non-hydrogen) atoms. The van der Waals surface area contributed by atoms with E-state index in [2.05, 4.69) is 15.6 Å². The first kappa shape index (κ1) is 12.0. The summed E-state index contributed by atoms with van der Waals surface area (Å²) in [7, 11) is 0. The predicted octanol–water partition coefficient (Wildman–Crippen LogP) is 2.55. The Balaban J connectivity index is 1.76. The van der Waals surface area contributed by atoms with Crippen LogP contribution < -0.4 is 5.32 Å². The number of anilines is 1. The van der Waals surface area contributed by atoms with E-state index >= 15 is 0 Å². The molecular formula is C13H16N4O2. The van der Waals surface area contributed by atoms with Gasteiger partial charge in [0.05, 0.1) is 12.2 Å². The van der Waals surface area contributed by atoms with Crippen LogP contribution in [-0.2, 0) is 0 Å². The van der Waals surface area contributed by atoms with Crippen LogP contribution in [0.5, 0.6) is 0 Å². The molecule has 0 radical (unpaired) electrons. The number of carbonyl (C=O) groups excluding carboxylic acids is 1. The summed E-state index contributed by atoms with van der Waals surface area (Å²) in [4.78, 5) is 12.0. The van der Waals surface area contributed by atoms with Crippen molar-refractivity contribution in [3.63, 3.8) is 0 Å². The monoisotopic (exact) mass is 260 g/mol. The molecule has 2 heterocycles. The Bertz CT molecular complexity index is 581. The van der Waals surface area contributed by atoms with Gasteiger partial charge in [-0.1, -0.05) is 18.0 Å². The minimum atomic E-state index is -0.267. The maximum absolute atomic E-state index is 12.0. The Hall–Kier alpha value is -2.11. The highest BCUT2D eigenvalue weighted by atomic mass is 16.5. The van der Waals surface area contributed by atoms with Crippen molar-refractivity contribution in [1.29, 1.82) is 0 Å². The third-order valence-corrected chi connectivity index (χ3v) is 3.44. The third-order valence-electron chi connectivity index (χ3n) is 3.44. The number of nitrogens with one attached hydrogen (secondary N) is 1. The largest absolute Gasteiger partial charge is 0.361 e. The van der Waals surface area contributed by atoms with Crippen LogP contribution in [0.1, 0.15) is 48.0 Å². The Kier molecular flexibility index (Phi) is 3.06. The van der Waals surface area contributed by atoms with Crippen LogP contribution in [0.25, 0.3) is 0 Å². The molecule has 0 bridgehead atoms. The van der Waals surface area contributed by atoms with E-state index in [-0.39, 0.29) is 11.6 Å². The van der Waals surface area contributed by atoms with Crippen LogP contribution >= 0.6 is 0 Å². The first-order valence-electron chi connectivity index (χ1n) is 6.52. The van der Waals surface area contributed by atoms with Gasteiger partial charge in [0.25, 0.3) is 5.91 Å². The van der Waals surface area contributed by atoms with E-state index in [1.165, 1.54) is 12.8 Å². The van der Waals surface area contributed by atoms with Gasteiger partial charge in [0.2, 0.25) is 0 Å². The van der Waals surface area contributed by atoms with Crippen molar-refractivity contribution >= 4 is 11.7 Å². The van der Waals surface area contributed by atoms with Crippen LogP contribution in [-0.4, -0.2) is 20.8 Å². The van der Waals surface area contributed by atoms with Crippen molar-refractivity contribution in [2.75, 3.05) is 5.32 Å². The molecule has 0 atom stereocenters. The van der Waals surface area contributed by atoms with Crippen molar-refractivity contribution < 1.29 is 9.32 Å². The minimum Gasteiger partial charge on any atom is -0.361 e. The van der Waals surface area contributed by atoms with Crippen LogP contribution in [0.15, 0.2) is 22.9 Å². The van der Waals surface area contributed by atoms with Gasteiger partial charge in [-0.25, -0.2) is 4.68 Å². The summed E-state index contributed by atoms with van der Waals surface area (Å²) in [6.45, 7) is 1.76. The predicted molar refractivity (Wildman–Crippen MR) is 68.9 cm³/mol. The average molecular weight is 260 g/mol. The summed E-state index contributed by atoms with van der Waals surface area (Å²) in [5.74, 6) is 1.07. The molecule has 0 saturated heterocycles. The summed E-state index contributed by atoms with van der Waals surface area (Å²) in [6, 6.07) is 3.82. The van der Waals surface area contributed by atoms with E-state index < -0.39 is 0 Å². The van der Waals surface area contributed by atoms with Crippen molar-refractivity contribution in [1.82, 2.24) is 14.9 Å². The van der Waals surface area contributed by atoms with E-state index in [9.17, 15) is 4.79 Å². The van der Waals surface area contributed by atoms with Crippen molar-refractivity contribution in [2.45, 2.75) is 38.6 Å². The normalized spacial score (nSPS) is 15.8. The number of amides is 1. The first-order chi connectivity index (χ1) is 9.24. The van der Waals surface area contributed by atoms with Crippen molar-refractivity contribution in [2.24, 2.45) is 0 Å². The number of hydrogen-bond donors (Lipinski definition) is 1. The van der Waals surface area contributed by atoms with Gasteiger partial charge in [0.1, 0.15) is 11.6 Å². The second-order valence-electron chi connectivity index (χ2n) is 4.88. The SMILES string of the molecule is Cc1cc(C(=O)Nc2ccnn2C2CCCC2)no1. The van der Waals surface area contributed by atoms with E-state index in [0.29, 0.717) is 11.8 Å². The van der Waals surface area contributed by atoms with E-state index in [0.717, 1.165) is 18.7 Å². The summed E-state index contributed by atoms with van der Waals surface area (Å²) >= 11 is 0. The molecule has 6 heteroatoms. The molecule has 1 amide bonds. The number of rotatable bonds is 3. The highest BCUT2D eigenvalue weighted by Crippen LogP contribution is 2.31. The molecule has 1 saturated carbocycles. The molecular weight excluding hydrogens is 244 g/mol. The molecule has 2 aromatic rings. The summed E-state index contributed by atoms with van der Waals surface area (Å²) in [5, 5.41) is 10.9. The fourth-order valence-corrected chi connectivity index (χ4v) is 2.51. The maximum Gasteiger partial charge on any atom is 0.278 e. The average Bonchev–Trinajstić information content (AvgIpc) is 3.07. The quantitative estimate of drug-likeness (QED) is 0.920. The van der Waals surface area contributed by atoms with Gasteiger partial charge >= 0.3 is 0 Å². The van der Waals surface area contributed by atoms with Crippen molar-refractivity contribution in [3.05, 3.63) is 29.8 Å². The Morgan fingerprint density at radius 1 is 1.47 bits per heavy atom. The molecule has 2 aromatic heterocycles. The summed E-state index contributed by atoms with van der Waals surface area (Å²) in [6.07, 6.45) is 6.39. The highest BCUT2D eigenvalue weighted by Gasteiger charge is 2.21. The van der Waals surface area contributed by atoms with Crippen LogP contribution in [0.3, 0.4) is 0 Å². The third kappa shape index (κ3) is 2.38. The maximum atomic E-state index is 12.0. The standard InChI is InChI=1S/C13H16N4O2/c1-9-8-11(16-19-9)13(18)15-12-6-7-14-17(12)10-4-2-3-5-10/h6-8,10H,2-5H2,1H3,(H,15,18). The molecule has 1 aliphatic rings. The summed E-state index contributed by atoms with van der Waals surface area (Å²) < 4.78 is 6.80. The Morgan fingerprint density at radius 2 is 2.26 bits per heavy atom. The molecule has 1 N–H and O–H groups in total. The van der Waals surface area contributed by atoms with Gasteiger partial charge in [0, 0.05) is 12.1 Å². The molecule has 3 rings (SSSR count). The lowest BCUT2D eigenvalue weighted by Gasteiger charge is -2.14. The number of aryl methyl sites for hydroxylation is 1. The fraction of sp³-hybridized carbons (Fsp3) is 0.462. The number of carbonyl (C=O) groups is 1. The van der Waals surface area contributed by atoms with Crippen LogP contribution in [0.2, 0.25) is 0 Å². The molecule has 0 aromatic carbocycles. The molecule has 0 aliphatic heterocycles. The lowest BCUT2D eigenvalue weighted by Crippen LogP contribution is -2.17. The van der Waals surface area contributed by atoms with E-state index in [1.54, 1.807) is 19.2 Å². The zero-order chi connectivity index (χ0) is 13.2. The van der Waals surface area contributed by atoms with Gasteiger partial charge in [-0.3, -0.25) is 4.79 Å². The molecule has 1 aliphatic carbocycles. The first-order valence-corrected chi connectivity index (χ1v) is 6.52. The zero-order valence-corrected chi connectivity index (χ0v) is 10.8. The van der Waals surface area contributed by atoms with Gasteiger partial charge < -0.3 is 9.84 Å². The van der Waals surface area contributed by atoms with Crippen LogP contribution in [0, 0.1) is 6.92 Å². The number of aromatic nitrogens is 3. The number of nitrogens with zero attached hydrogens (tertiary/aromatic N) is 3. The minimum absolute atomic E-state index is 0.267. The lowest BCUT2D eigenvalue weighted by molar-refractivity contribution is 0.101. The topological polar surface area (TPSA) is 73.0 Å². The number of hydrogen-bond acceptors (Lipinski definition) is 4. The Morgan fingerprint density at radius 3 is 2.95 bits per heavy atom. The molecule has 6 nitrogen and oxygen atoms in total. The highest BCUT2D eigenvalue weighted by molar-refractivity contribution is 6.02. The fourth-order valence-electron chi connectivity index (χ4n) is 2.51. The van der Waals surface area contributed by atoms with E-state index in [4.69, 9.17) is 4.52 Å². The molecule has 0 spiro atoms. The zero-order valence-electron chi connectivity index (χ0n) is 10.8. The molecule has 100 valence electrons. The second-order valence-corrected chi connectivity index (χ2v) is 4.88. The van der Waals surface area contributed by atoms with E-state index in [1.807, 2.05) is 10.7 Å². The molecule has 1 fully saturated rings. The lowest BCUT2D eigenvalue weighted by atomic mass is 10.2. The second kappa shape index (κ2) is 4.87. The van der Waals surface area contributed by atoms with Gasteiger partial charge in [0.15, 0.2) is 5.69 Å². The van der Waals surface area contributed by atoms with Gasteiger partial charge in [-0.05, 0) is 19.8 Å². The van der Waals surface area contributed by atoms with Gasteiger partial charge in [-0.2, -0.15) is 5.10 Å².